The van der Waals surface area contributed by atoms with Gasteiger partial charge in [-0.15, -0.1) is 11.3 Å². The summed E-state index contributed by atoms with van der Waals surface area (Å²) in [7, 11) is 0. The lowest BCUT2D eigenvalue weighted by Crippen LogP contribution is -2.11. The van der Waals surface area contributed by atoms with E-state index in [9.17, 15) is 18.0 Å². The number of hydrogen-bond donors (Lipinski definition) is 1. The predicted octanol–water partition coefficient (Wildman–Crippen LogP) is 6.45. The molecule has 0 fully saturated rings. The van der Waals surface area contributed by atoms with E-state index < -0.39 is 11.7 Å². The van der Waals surface area contributed by atoms with Gasteiger partial charge in [0.15, 0.2) is 5.13 Å². The summed E-state index contributed by atoms with van der Waals surface area (Å²) in [6, 6.07) is 10.1. The number of carbonyl (C=O) groups is 1. The number of thiazole rings is 1. The highest BCUT2D eigenvalue weighted by Crippen LogP contribution is 2.35. The molecule has 3 aromatic rings. The van der Waals surface area contributed by atoms with E-state index in [1.807, 2.05) is 13.8 Å². The Labute approximate surface area is 180 Å². The smallest absolute Gasteiger partial charge is 0.416 e. The van der Waals surface area contributed by atoms with Crippen molar-refractivity contribution in [3.8, 4) is 5.75 Å². The summed E-state index contributed by atoms with van der Waals surface area (Å²) in [5.74, 6) is 0.283. The highest BCUT2D eigenvalue weighted by molar-refractivity contribution is 7.15. The molecule has 0 aliphatic heterocycles. The van der Waals surface area contributed by atoms with Crippen molar-refractivity contribution in [3.05, 3.63) is 75.3 Å². The number of aromatic nitrogens is 1. The average molecular weight is 455 g/mol. The SMILES string of the molecule is CC(C)Oc1ccc(C(=O)Nc2ncc(Cc3cc(Cl)ccc3C(F)(F)F)s2)cc1. The standard InChI is InChI=1S/C21H18ClF3N2O2S/c1-12(2)29-16-6-3-13(4-7-16)19(28)27-20-26-11-17(30-20)10-14-9-15(22)5-8-18(14)21(23,24)25/h3-9,11-12H,10H2,1-2H3,(H,26,27,28). The number of anilines is 1. The first-order valence-corrected chi connectivity index (χ1v) is 10.2. The van der Waals surface area contributed by atoms with Gasteiger partial charge in [0, 0.05) is 28.1 Å². The third kappa shape index (κ3) is 5.73. The fourth-order valence-corrected chi connectivity index (χ4v) is 3.77. The van der Waals surface area contributed by atoms with E-state index in [2.05, 4.69) is 10.3 Å². The lowest BCUT2D eigenvalue weighted by Gasteiger charge is -2.12. The Hall–Kier alpha value is -2.58. The van der Waals surface area contributed by atoms with Crippen molar-refractivity contribution in [1.29, 1.82) is 0 Å². The van der Waals surface area contributed by atoms with Gasteiger partial charge in [0.2, 0.25) is 0 Å². The van der Waals surface area contributed by atoms with Gasteiger partial charge in [-0.3, -0.25) is 10.1 Å². The topological polar surface area (TPSA) is 51.2 Å². The lowest BCUT2D eigenvalue weighted by atomic mass is 10.0. The first-order chi connectivity index (χ1) is 14.1. The molecule has 3 rings (SSSR count). The molecule has 0 saturated heterocycles. The second-order valence-corrected chi connectivity index (χ2v) is 8.30. The molecule has 1 aromatic heterocycles. The minimum Gasteiger partial charge on any atom is -0.491 e. The second-order valence-electron chi connectivity index (χ2n) is 6.75. The number of hydrogen-bond acceptors (Lipinski definition) is 4. The van der Waals surface area contributed by atoms with E-state index >= 15 is 0 Å². The molecule has 0 spiro atoms. The van der Waals surface area contributed by atoms with Crippen LogP contribution in [0.2, 0.25) is 5.02 Å². The Morgan fingerprint density at radius 2 is 1.90 bits per heavy atom. The van der Waals surface area contributed by atoms with Gasteiger partial charge in [0.05, 0.1) is 11.7 Å². The number of halogens is 4. The van der Waals surface area contributed by atoms with Crippen LogP contribution in [-0.2, 0) is 12.6 Å². The maximum atomic E-state index is 13.2. The molecule has 30 heavy (non-hydrogen) atoms. The summed E-state index contributed by atoms with van der Waals surface area (Å²) in [6.45, 7) is 3.81. The first kappa shape index (κ1) is 22.1. The number of nitrogens with zero attached hydrogens (tertiary/aromatic N) is 1. The number of amides is 1. The number of nitrogens with one attached hydrogen (secondary N) is 1. The summed E-state index contributed by atoms with van der Waals surface area (Å²) in [6.07, 6.45) is -3.01. The third-order valence-electron chi connectivity index (χ3n) is 4.00. The summed E-state index contributed by atoms with van der Waals surface area (Å²) in [5, 5.41) is 3.18. The number of ether oxygens (including phenoxy) is 1. The minimum absolute atomic E-state index is 0.00415. The van der Waals surface area contributed by atoms with Crippen molar-refractivity contribution in [3.63, 3.8) is 0 Å². The molecule has 2 aromatic carbocycles. The molecule has 0 unspecified atom stereocenters. The van der Waals surface area contributed by atoms with Crippen LogP contribution < -0.4 is 10.1 Å². The molecule has 9 heteroatoms. The van der Waals surface area contributed by atoms with Crippen molar-refractivity contribution in [1.82, 2.24) is 4.98 Å². The molecule has 158 valence electrons. The maximum Gasteiger partial charge on any atom is 0.416 e. The van der Waals surface area contributed by atoms with Crippen LogP contribution in [0.1, 0.15) is 40.2 Å². The van der Waals surface area contributed by atoms with Crippen molar-refractivity contribution in [2.75, 3.05) is 5.32 Å². The van der Waals surface area contributed by atoms with Gasteiger partial charge in [-0.1, -0.05) is 11.6 Å². The average Bonchev–Trinajstić information content (AvgIpc) is 3.07. The van der Waals surface area contributed by atoms with Gasteiger partial charge in [-0.25, -0.2) is 4.98 Å². The molecule has 0 atom stereocenters. The molecule has 1 amide bonds. The first-order valence-electron chi connectivity index (χ1n) is 9.00. The number of benzene rings is 2. The lowest BCUT2D eigenvalue weighted by molar-refractivity contribution is -0.138. The van der Waals surface area contributed by atoms with E-state index in [1.165, 1.54) is 18.3 Å². The molecular weight excluding hydrogens is 437 g/mol. The van der Waals surface area contributed by atoms with E-state index in [0.29, 0.717) is 21.3 Å². The maximum absolute atomic E-state index is 13.2. The van der Waals surface area contributed by atoms with E-state index in [0.717, 1.165) is 17.4 Å². The van der Waals surface area contributed by atoms with Crippen LogP contribution in [0.4, 0.5) is 18.3 Å². The van der Waals surface area contributed by atoms with Crippen molar-refractivity contribution < 1.29 is 22.7 Å². The predicted molar refractivity (Wildman–Crippen MR) is 112 cm³/mol. The Morgan fingerprint density at radius 3 is 2.53 bits per heavy atom. The van der Waals surface area contributed by atoms with Crippen LogP contribution in [0.5, 0.6) is 5.75 Å². The minimum atomic E-state index is -4.48. The van der Waals surface area contributed by atoms with Crippen LogP contribution in [0, 0.1) is 0 Å². The Morgan fingerprint density at radius 1 is 1.20 bits per heavy atom. The molecule has 0 aliphatic carbocycles. The van der Waals surface area contributed by atoms with Gasteiger partial charge >= 0.3 is 6.18 Å². The highest BCUT2D eigenvalue weighted by Gasteiger charge is 2.33. The molecule has 0 aliphatic rings. The zero-order valence-corrected chi connectivity index (χ0v) is 17.7. The van der Waals surface area contributed by atoms with Crippen molar-refractivity contribution in [2.45, 2.75) is 32.5 Å². The van der Waals surface area contributed by atoms with Gasteiger partial charge in [0.25, 0.3) is 5.91 Å². The second kappa shape index (κ2) is 9.06. The Kier molecular flexibility index (Phi) is 6.67. The number of alkyl halides is 3. The summed E-state index contributed by atoms with van der Waals surface area (Å²) in [4.78, 5) is 17.1. The zero-order chi connectivity index (χ0) is 21.9. The highest BCUT2D eigenvalue weighted by atomic mass is 35.5. The Balaban J connectivity index is 1.70. The van der Waals surface area contributed by atoms with Gasteiger partial charge < -0.3 is 4.74 Å². The summed E-state index contributed by atoms with van der Waals surface area (Å²) in [5.41, 5.74) is -0.274. The van der Waals surface area contributed by atoms with E-state index in [-0.39, 0.29) is 29.0 Å². The fraction of sp³-hybridized carbons (Fsp3) is 0.238. The van der Waals surface area contributed by atoms with Gasteiger partial charge in [-0.05, 0) is 61.9 Å². The molecular formula is C21H18ClF3N2O2S. The number of carbonyl (C=O) groups excluding carboxylic acids is 1. The van der Waals surface area contributed by atoms with Crippen LogP contribution in [0.3, 0.4) is 0 Å². The molecule has 0 bridgehead atoms. The van der Waals surface area contributed by atoms with Gasteiger partial charge in [-0.2, -0.15) is 13.2 Å². The molecule has 1 heterocycles. The zero-order valence-electron chi connectivity index (χ0n) is 16.1. The quantitative estimate of drug-likeness (QED) is 0.466. The molecule has 1 N–H and O–H groups in total. The van der Waals surface area contributed by atoms with E-state index in [1.54, 1.807) is 24.3 Å². The van der Waals surface area contributed by atoms with Gasteiger partial charge in [0.1, 0.15) is 5.75 Å². The van der Waals surface area contributed by atoms with Crippen LogP contribution >= 0.6 is 22.9 Å². The molecule has 4 nitrogen and oxygen atoms in total. The summed E-state index contributed by atoms with van der Waals surface area (Å²) < 4.78 is 45.2. The fourth-order valence-electron chi connectivity index (χ4n) is 2.75. The van der Waals surface area contributed by atoms with Crippen molar-refractivity contribution >= 4 is 34.0 Å². The Bertz CT molecular complexity index is 1030. The third-order valence-corrected chi connectivity index (χ3v) is 5.15. The normalized spacial score (nSPS) is 11.6. The molecule has 0 saturated carbocycles. The summed E-state index contributed by atoms with van der Waals surface area (Å²) >= 11 is 6.98. The van der Waals surface area contributed by atoms with Crippen LogP contribution in [0.15, 0.2) is 48.7 Å². The van der Waals surface area contributed by atoms with Crippen molar-refractivity contribution in [2.24, 2.45) is 0 Å². The van der Waals surface area contributed by atoms with Crippen LogP contribution in [-0.4, -0.2) is 17.0 Å². The molecule has 0 radical (unpaired) electrons. The number of rotatable bonds is 6. The largest absolute Gasteiger partial charge is 0.491 e. The van der Waals surface area contributed by atoms with Crippen LogP contribution in [0.25, 0.3) is 0 Å². The van der Waals surface area contributed by atoms with E-state index in [4.69, 9.17) is 16.3 Å². The monoisotopic (exact) mass is 454 g/mol.